The normalized spacial score (nSPS) is 14.7. The fourth-order valence-electron chi connectivity index (χ4n) is 5.10. The SMILES string of the molecule is O=C(/C=C/c1cccnc1)NCc1cc2cc(-c3ccc(C(=O)N4CCC(F)(F)CC4)cn3)cc(-c3cccc(F)c3)c2o1. The van der Waals surface area contributed by atoms with Gasteiger partial charge in [0.1, 0.15) is 17.2 Å². The maximum Gasteiger partial charge on any atom is 0.255 e. The summed E-state index contributed by atoms with van der Waals surface area (Å²) in [4.78, 5) is 35.2. The van der Waals surface area contributed by atoms with Gasteiger partial charge in [-0.3, -0.25) is 19.6 Å². The molecule has 44 heavy (non-hydrogen) atoms. The number of hydrogen-bond acceptors (Lipinski definition) is 5. The lowest BCUT2D eigenvalue weighted by Crippen LogP contribution is -2.42. The number of piperidine rings is 1. The number of hydrogen-bond donors (Lipinski definition) is 1. The summed E-state index contributed by atoms with van der Waals surface area (Å²) in [5.74, 6) is -3.30. The van der Waals surface area contributed by atoms with Gasteiger partial charge in [-0.05, 0) is 65.7 Å². The second-order valence-electron chi connectivity index (χ2n) is 10.6. The van der Waals surface area contributed by atoms with Crippen molar-refractivity contribution in [3.05, 3.63) is 114 Å². The van der Waals surface area contributed by atoms with E-state index in [1.165, 1.54) is 29.3 Å². The maximum atomic E-state index is 14.2. The van der Waals surface area contributed by atoms with Gasteiger partial charge in [-0.25, -0.2) is 13.2 Å². The highest BCUT2D eigenvalue weighted by Crippen LogP contribution is 2.36. The van der Waals surface area contributed by atoms with E-state index in [4.69, 9.17) is 4.42 Å². The molecule has 1 fully saturated rings. The first kappa shape index (κ1) is 28.9. The highest BCUT2D eigenvalue weighted by Gasteiger charge is 2.35. The monoisotopic (exact) mass is 596 g/mol. The van der Waals surface area contributed by atoms with Crippen LogP contribution in [0.4, 0.5) is 13.2 Å². The van der Waals surface area contributed by atoms with Gasteiger partial charge in [0.15, 0.2) is 0 Å². The van der Waals surface area contributed by atoms with Crippen LogP contribution in [0.1, 0.15) is 34.5 Å². The van der Waals surface area contributed by atoms with Crippen LogP contribution < -0.4 is 5.32 Å². The predicted octanol–water partition coefficient (Wildman–Crippen LogP) is 6.90. The third kappa shape index (κ3) is 6.54. The molecule has 4 heterocycles. The number of amides is 2. The van der Waals surface area contributed by atoms with E-state index in [1.54, 1.807) is 54.9 Å². The van der Waals surface area contributed by atoms with Crippen LogP contribution >= 0.6 is 0 Å². The minimum absolute atomic E-state index is 0.00861. The molecular formula is C34H27F3N4O3. The summed E-state index contributed by atoms with van der Waals surface area (Å²) in [6, 6.07) is 18.6. The minimum Gasteiger partial charge on any atom is -0.459 e. The number of rotatable bonds is 7. The average Bonchev–Trinajstić information content (AvgIpc) is 3.46. The number of pyridine rings is 2. The molecule has 6 rings (SSSR count). The molecule has 1 aliphatic rings. The number of likely N-dealkylation sites (tertiary alicyclic amines) is 1. The molecule has 1 aliphatic heterocycles. The van der Waals surface area contributed by atoms with Gasteiger partial charge in [-0.1, -0.05) is 18.2 Å². The Morgan fingerprint density at radius 1 is 0.977 bits per heavy atom. The standard InChI is InChI=1S/C34H27F3N4O3/c35-27-5-1-4-23(16-27)29-18-25(30-8-7-24(20-39-30)33(43)41-13-10-34(36,37)11-14-41)15-26-17-28(44-32(26)29)21-40-31(42)9-6-22-3-2-12-38-19-22/h1-9,12,15-20H,10-11,13-14,21H2,(H,40,42)/b9-6+. The largest absolute Gasteiger partial charge is 0.459 e. The summed E-state index contributed by atoms with van der Waals surface area (Å²) in [7, 11) is 0. The van der Waals surface area contributed by atoms with Gasteiger partial charge in [0.2, 0.25) is 5.91 Å². The van der Waals surface area contributed by atoms with E-state index in [0.717, 1.165) is 5.56 Å². The molecule has 0 saturated carbocycles. The molecule has 0 bridgehead atoms. The topological polar surface area (TPSA) is 88.3 Å². The molecule has 0 aliphatic carbocycles. The summed E-state index contributed by atoms with van der Waals surface area (Å²) < 4.78 is 47.4. The molecule has 0 unspecified atom stereocenters. The van der Waals surface area contributed by atoms with Gasteiger partial charge < -0.3 is 14.6 Å². The Morgan fingerprint density at radius 2 is 1.82 bits per heavy atom. The molecule has 5 aromatic rings. The minimum atomic E-state index is -2.74. The molecule has 1 N–H and O–H groups in total. The number of fused-ring (bicyclic) bond motifs is 1. The molecule has 10 heteroatoms. The molecular weight excluding hydrogens is 569 g/mol. The summed E-state index contributed by atoms with van der Waals surface area (Å²) in [6.45, 7) is 0.108. The van der Waals surface area contributed by atoms with Crippen LogP contribution in [0.5, 0.6) is 0 Å². The summed E-state index contributed by atoms with van der Waals surface area (Å²) in [5, 5.41) is 3.52. The number of nitrogens with zero attached hydrogens (tertiary/aromatic N) is 3. The lowest BCUT2D eigenvalue weighted by Gasteiger charge is -2.31. The van der Waals surface area contributed by atoms with E-state index in [9.17, 15) is 22.8 Å². The van der Waals surface area contributed by atoms with Gasteiger partial charge in [-0.2, -0.15) is 0 Å². The molecule has 3 aromatic heterocycles. The Hall–Kier alpha value is -5.25. The zero-order valence-electron chi connectivity index (χ0n) is 23.5. The van der Waals surface area contributed by atoms with E-state index in [1.807, 2.05) is 18.2 Å². The smallest absolute Gasteiger partial charge is 0.255 e. The number of alkyl halides is 2. The van der Waals surface area contributed by atoms with E-state index < -0.39 is 11.7 Å². The number of furan rings is 1. The Morgan fingerprint density at radius 3 is 2.55 bits per heavy atom. The van der Waals surface area contributed by atoms with Crippen molar-refractivity contribution < 1.29 is 27.2 Å². The predicted molar refractivity (Wildman–Crippen MR) is 160 cm³/mol. The number of aromatic nitrogens is 2. The van der Waals surface area contributed by atoms with Crippen LogP contribution in [-0.2, 0) is 11.3 Å². The van der Waals surface area contributed by atoms with E-state index in [2.05, 4.69) is 15.3 Å². The zero-order valence-corrected chi connectivity index (χ0v) is 23.5. The Kier molecular flexibility index (Phi) is 7.97. The van der Waals surface area contributed by atoms with Crippen LogP contribution in [0.15, 0.2) is 95.8 Å². The molecule has 222 valence electrons. The van der Waals surface area contributed by atoms with Gasteiger partial charge in [-0.15, -0.1) is 0 Å². The van der Waals surface area contributed by atoms with Gasteiger partial charge in [0.05, 0.1) is 17.8 Å². The van der Waals surface area contributed by atoms with Crippen LogP contribution in [-0.4, -0.2) is 45.7 Å². The number of carbonyl (C=O) groups excluding carboxylic acids is 2. The van der Waals surface area contributed by atoms with Crippen molar-refractivity contribution in [2.45, 2.75) is 25.3 Å². The molecule has 0 spiro atoms. The fraction of sp³-hybridized carbons (Fsp3) is 0.176. The van der Waals surface area contributed by atoms with Crippen molar-refractivity contribution in [2.75, 3.05) is 13.1 Å². The van der Waals surface area contributed by atoms with Crippen LogP contribution in [0, 0.1) is 5.82 Å². The lowest BCUT2D eigenvalue weighted by molar-refractivity contribution is -0.116. The first-order valence-corrected chi connectivity index (χ1v) is 14.1. The van der Waals surface area contributed by atoms with Gasteiger partial charge >= 0.3 is 0 Å². The maximum absolute atomic E-state index is 14.2. The number of halogens is 3. The molecule has 2 aromatic carbocycles. The van der Waals surface area contributed by atoms with Gasteiger partial charge in [0.25, 0.3) is 11.8 Å². The summed E-state index contributed by atoms with van der Waals surface area (Å²) in [5.41, 5.74) is 4.09. The van der Waals surface area contributed by atoms with Crippen LogP contribution in [0.2, 0.25) is 0 Å². The number of benzene rings is 2. The number of nitrogens with one attached hydrogen (secondary N) is 1. The first-order chi connectivity index (χ1) is 21.2. The third-order valence-corrected chi connectivity index (χ3v) is 7.44. The summed E-state index contributed by atoms with van der Waals surface area (Å²) >= 11 is 0. The Bertz CT molecular complexity index is 1840. The molecule has 1 saturated heterocycles. The highest BCUT2D eigenvalue weighted by molar-refractivity contribution is 5.97. The van der Waals surface area contributed by atoms with Crippen molar-refractivity contribution in [1.29, 1.82) is 0 Å². The third-order valence-electron chi connectivity index (χ3n) is 7.44. The van der Waals surface area contributed by atoms with Crippen molar-refractivity contribution in [3.63, 3.8) is 0 Å². The zero-order chi connectivity index (χ0) is 30.7. The second-order valence-corrected chi connectivity index (χ2v) is 10.6. The highest BCUT2D eigenvalue weighted by atomic mass is 19.3. The van der Waals surface area contributed by atoms with E-state index >= 15 is 0 Å². The van der Waals surface area contributed by atoms with Crippen LogP contribution in [0.3, 0.4) is 0 Å². The van der Waals surface area contributed by atoms with Crippen LogP contribution in [0.25, 0.3) is 39.4 Å². The molecule has 0 radical (unpaired) electrons. The summed E-state index contributed by atoms with van der Waals surface area (Å²) in [6.07, 6.45) is 7.09. The molecule has 0 atom stereocenters. The second kappa shape index (κ2) is 12.2. The van der Waals surface area contributed by atoms with E-state index in [0.29, 0.717) is 44.7 Å². The quantitative estimate of drug-likeness (QED) is 0.207. The van der Waals surface area contributed by atoms with Crippen molar-refractivity contribution in [1.82, 2.24) is 20.2 Å². The lowest BCUT2D eigenvalue weighted by atomic mass is 9.98. The molecule has 7 nitrogen and oxygen atoms in total. The Labute approximate surface area is 251 Å². The van der Waals surface area contributed by atoms with Gasteiger partial charge in [0, 0.05) is 67.1 Å². The average molecular weight is 597 g/mol. The van der Waals surface area contributed by atoms with Crippen molar-refractivity contribution in [2.24, 2.45) is 0 Å². The van der Waals surface area contributed by atoms with Crippen molar-refractivity contribution in [3.8, 4) is 22.4 Å². The Balaban J connectivity index is 1.26. The first-order valence-electron chi connectivity index (χ1n) is 14.1. The number of carbonyl (C=O) groups is 2. The fourth-order valence-corrected chi connectivity index (χ4v) is 5.10. The van der Waals surface area contributed by atoms with Crippen molar-refractivity contribution >= 4 is 28.9 Å². The van der Waals surface area contributed by atoms with E-state index in [-0.39, 0.29) is 44.3 Å². The molecule has 2 amide bonds.